The lowest BCUT2D eigenvalue weighted by Gasteiger charge is -2.30. The Balaban J connectivity index is 1.86. The van der Waals surface area contributed by atoms with E-state index in [1.54, 1.807) is 11.3 Å². The molecule has 0 spiro atoms. The second kappa shape index (κ2) is 7.00. The summed E-state index contributed by atoms with van der Waals surface area (Å²) in [6, 6.07) is 2.17. The van der Waals surface area contributed by atoms with Crippen molar-refractivity contribution in [2.45, 2.75) is 39.2 Å². The van der Waals surface area contributed by atoms with Gasteiger partial charge in [0, 0.05) is 25.4 Å². The molecule has 0 aromatic carbocycles. The average Bonchev–Trinajstić information content (AvgIpc) is 2.77. The van der Waals surface area contributed by atoms with Gasteiger partial charge in [0.2, 0.25) is 0 Å². The highest BCUT2D eigenvalue weighted by atomic mass is 79.9. The van der Waals surface area contributed by atoms with Crippen molar-refractivity contribution in [2.75, 3.05) is 13.6 Å². The monoisotopic (exact) mass is 343 g/mol. The summed E-state index contributed by atoms with van der Waals surface area (Å²) in [7, 11) is 2.12. The van der Waals surface area contributed by atoms with Gasteiger partial charge < -0.3 is 4.90 Å². The zero-order valence-corrected chi connectivity index (χ0v) is 14.1. The van der Waals surface area contributed by atoms with E-state index in [0.29, 0.717) is 5.78 Å². The summed E-state index contributed by atoms with van der Waals surface area (Å²) < 4.78 is 1.18. The van der Waals surface area contributed by atoms with E-state index >= 15 is 0 Å². The Bertz CT molecular complexity index is 432. The molecule has 19 heavy (non-hydrogen) atoms. The lowest BCUT2D eigenvalue weighted by atomic mass is 9.79. The molecule has 1 fully saturated rings. The van der Waals surface area contributed by atoms with Crippen LogP contribution in [0.1, 0.15) is 38.2 Å². The quantitative estimate of drug-likeness (QED) is 0.792. The number of hydrogen-bond acceptors (Lipinski definition) is 3. The van der Waals surface area contributed by atoms with Crippen LogP contribution in [0, 0.1) is 11.8 Å². The predicted octanol–water partition coefficient (Wildman–Crippen LogP) is 4.34. The molecule has 0 saturated heterocycles. The third kappa shape index (κ3) is 4.40. The van der Waals surface area contributed by atoms with Crippen molar-refractivity contribution in [3.63, 3.8) is 0 Å². The Hall–Kier alpha value is -0.190. The first kappa shape index (κ1) is 15.2. The van der Waals surface area contributed by atoms with Crippen LogP contribution in [0.2, 0.25) is 0 Å². The highest BCUT2D eigenvalue weighted by Crippen LogP contribution is 2.29. The van der Waals surface area contributed by atoms with Crippen LogP contribution in [0.4, 0.5) is 0 Å². The van der Waals surface area contributed by atoms with E-state index in [1.165, 1.54) is 15.8 Å². The molecule has 0 aliphatic heterocycles. The Kier molecular flexibility index (Phi) is 5.60. The van der Waals surface area contributed by atoms with Gasteiger partial charge in [-0.05, 0) is 58.7 Å². The van der Waals surface area contributed by atoms with Gasteiger partial charge >= 0.3 is 0 Å². The molecule has 1 heterocycles. The number of thiophene rings is 1. The summed E-state index contributed by atoms with van der Waals surface area (Å²) in [4.78, 5) is 14.3. The first-order chi connectivity index (χ1) is 9.08. The van der Waals surface area contributed by atoms with E-state index in [1.807, 2.05) is 0 Å². The van der Waals surface area contributed by atoms with Gasteiger partial charge in [-0.25, -0.2) is 0 Å². The highest BCUT2D eigenvalue weighted by molar-refractivity contribution is 9.11. The fourth-order valence-corrected chi connectivity index (χ4v) is 4.13. The first-order valence-electron chi connectivity index (χ1n) is 7.02. The molecule has 0 bridgehead atoms. The lowest BCUT2D eigenvalue weighted by Crippen LogP contribution is -2.34. The predicted molar refractivity (Wildman–Crippen MR) is 84.5 cm³/mol. The molecule has 1 saturated carbocycles. The number of carbonyl (C=O) groups excluding carboxylic acids is 1. The van der Waals surface area contributed by atoms with Crippen molar-refractivity contribution >= 4 is 33.0 Å². The zero-order chi connectivity index (χ0) is 13.8. The highest BCUT2D eigenvalue weighted by Gasteiger charge is 2.28. The second-order valence-electron chi connectivity index (χ2n) is 5.67. The molecule has 2 nitrogen and oxygen atoms in total. The summed E-state index contributed by atoms with van der Waals surface area (Å²) >= 11 is 5.21. The summed E-state index contributed by atoms with van der Waals surface area (Å²) in [5.74, 6) is 1.49. The molecule has 1 aliphatic carbocycles. The van der Waals surface area contributed by atoms with E-state index in [0.717, 1.165) is 38.3 Å². The third-order valence-electron chi connectivity index (χ3n) is 4.06. The Morgan fingerprint density at radius 2 is 2.32 bits per heavy atom. The van der Waals surface area contributed by atoms with Crippen molar-refractivity contribution in [1.29, 1.82) is 0 Å². The molecule has 106 valence electrons. The van der Waals surface area contributed by atoms with Gasteiger partial charge in [0.25, 0.3) is 0 Å². The molecule has 0 amide bonds. The van der Waals surface area contributed by atoms with Crippen LogP contribution < -0.4 is 0 Å². The number of hydrogen-bond donors (Lipinski definition) is 0. The molecule has 4 heteroatoms. The first-order valence-corrected chi connectivity index (χ1v) is 8.70. The molecular weight excluding hydrogens is 322 g/mol. The van der Waals surface area contributed by atoms with E-state index in [9.17, 15) is 4.79 Å². The summed E-state index contributed by atoms with van der Waals surface area (Å²) in [5.41, 5.74) is 1.33. The molecule has 1 aromatic heterocycles. The molecular formula is C15H22BrNOS. The van der Waals surface area contributed by atoms with Crippen LogP contribution in [0.3, 0.4) is 0 Å². The normalized spacial score (nSPS) is 24.1. The fraction of sp³-hybridized carbons (Fsp3) is 0.667. The van der Waals surface area contributed by atoms with Gasteiger partial charge in [-0.2, -0.15) is 0 Å². The average molecular weight is 344 g/mol. The summed E-state index contributed by atoms with van der Waals surface area (Å²) in [6.45, 7) is 4.08. The standard InChI is InChI=1S/C15H22BrNOS/c1-3-11-4-5-14(18)13(6-11)9-17(2)8-12-7-15(16)19-10-12/h7,10-11,13H,3-6,8-9H2,1-2H3. The number of Topliss-reactive ketones (excluding diaryl/α,β-unsaturated/α-hetero) is 1. The zero-order valence-electron chi connectivity index (χ0n) is 11.7. The molecule has 2 rings (SSSR count). The van der Waals surface area contributed by atoms with E-state index in [4.69, 9.17) is 0 Å². The fourth-order valence-electron chi connectivity index (χ4n) is 2.93. The van der Waals surface area contributed by atoms with E-state index < -0.39 is 0 Å². The molecule has 0 N–H and O–H groups in total. The number of halogens is 1. The summed E-state index contributed by atoms with van der Waals surface area (Å²) in [6.07, 6.45) is 4.20. The lowest BCUT2D eigenvalue weighted by molar-refractivity contribution is -0.126. The molecule has 2 unspecified atom stereocenters. The van der Waals surface area contributed by atoms with Crippen molar-refractivity contribution in [3.05, 3.63) is 20.8 Å². The smallest absolute Gasteiger partial charge is 0.137 e. The van der Waals surface area contributed by atoms with Crippen LogP contribution >= 0.6 is 27.3 Å². The van der Waals surface area contributed by atoms with Gasteiger partial charge in [-0.3, -0.25) is 4.79 Å². The molecule has 1 aromatic rings. The Morgan fingerprint density at radius 1 is 1.53 bits per heavy atom. The SMILES string of the molecule is CCC1CCC(=O)C(CN(C)Cc2csc(Br)c2)C1. The maximum absolute atomic E-state index is 12.0. The molecule has 1 aliphatic rings. The topological polar surface area (TPSA) is 20.3 Å². The number of carbonyl (C=O) groups is 1. The Labute approximate surface area is 128 Å². The van der Waals surface area contributed by atoms with Crippen molar-refractivity contribution in [1.82, 2.24) is 4.90 Å². The van der Waals surface area contributed by atoms with Crippen molar-refractivity contribution < 1.29 is 4.79 Å². The van der Waals surface area contributed by atoms with Gasteiger partial charge in [0.05, 0.1) is 3.79 Å². The number of rotatable bonds is 5. The van der Waals surface area contributed by atoms with E-state index in [-0.39, 0.29) is 5.92 Å². The number of nitrogens with zero attached hydrogens (tertiary/aromatic N) is 1. The van der Waals surface area contributed by atoms with Crippen LogP contribution in [0.5, 0.6) is 0 Å². The van der Waals surface area contributed by atoms with Crippen molar-refractivity contribution in [3.8, 4) is 0 Å². The van der Waals surface area contributed by atoms with Crippen LogP contribution in [-0.4, -0.2) is 24.3 Å². The van der Waals surface area contributed by atoms with Gasteiger partial charge in [0.15, 0.2) is 0 Å². The maximum atomic E-state index is 12.0. The van der Waals surface area contributed by atoms with Crippen LogP contribution in [-0.2, 0) is 11.3 Å². The third-order valence-corrected chi connectivity index (χ3v) is 5.61. The largest absolute Gasteiger partial charge is 0.301 e. The maximum Gasteiger partial charge on any atom is 0.137 e. The number of ketones is 1. The van der Waals surface area contributed by atoms with Crippen LogP contribution in [0.25, 0.3) is 0 Å². The van der Waals surface area contributed by atoms with Gasteiger partial charge in [0.1, 0.15) is 5.78 Å². The van der Waals surface area contributed by atoms with Crippen LogP contribution in [0.15, 0.2) is 15.2 Å². The molecule has 0 radical (unpaired) electrons. The minimum absolute atomic E-state index is 0.255. The summed E-state index contributed by atoms with van der Waals surface area (Å²) in [5, 5.41) is 2.18. The minimum Gasteiger partial charge on any atom is -0.301 e. The second-order valence-corrected chi connectivity index (χ2v) is 7.96. The Morgan fingerprint density at radius 3 is 2.95 bits per heavy atom. The van der Waals surface area contributed by atoms with Gasteiger partial charge in [-0.1, -0.05) is 13.3 Å². The van der Waals surface area contributed by atoms with Crippen molar-refractivity contribution in [2.24, 2.45) is 11.8 Å². The van der Waals surface area contributed by atoms with Gasteiger partial charge in [-0.15, -0.1) is 11.3 Å². The minimum atomic E-state index is 0.255. The van der Waals surface area contributed by atoms with E-state index in [2.05, 4.69) is 46.2 Å². The molecule has 2 atom stereocenters.